The number of carbonyl (C=O) groups excluding carboxylic acids is 2. The first kappa shape index (κ1) is 15.7. The number of amides is 2. The van der Waals surface area contributed by atoms with Gasteiger partial charge in [-0.3, -0.25) is 9.59 Å². The van der Waals surface area contributed by atoms with E-state index in [1.165, 1.54) is 12.1 Å². The molecule has 2 rings (SSSR count). The molecule has 6 nitrogen and oxygen atoms in total. The highest BCUT2D eigenvalue weighted by atomic mass is 32.1. The number of rotatable bonds is 5. The summed E-state index contributed by atoms with van der Waals surface area (Å²) in [7, 11) is 0. The molecule has 0 spiro atoms. The molecule has 0 radical (unpaired) electrons. The molecule has 2 aromatic rings. The van der Waals surface area contributed by atoms with Crippen molar-refractivity contribution in [3.05, 3.63) is 57.3 Å². The minimum atomic E-state index is -1.06. The Labute approximate surface area is 130 Å². The quantitative estimate of drug-likeness (QED) is 0.783. The summed E-state index contributed by atoms with van der Waals surface area (Å²) >= 11 is 0.920. The second-order valence-corrected chi connectivity index (χ2v) is 5.73. The van der Waals surface area contributed by atoms with Gasteiger partial charge in [0.15, 0.2) is 0 Å². The predicted octanol–water partition coefficient (Wildman–Crippen LogP) is 2.04. The number of nitrogens with one attached hydrogen (secondary N) is 1. The van der Waals surface area contributed by atoms with Gasteiger partial charge in [-0.25, -0.2) is 4.79 Å². The third kappa shape index (κ3) is 3.50. The van der Waals surface area contributed by atoms with Crippen LogP contribution in [0.4, 0.5) is 0 Å². The zero-order valence-corrected chi connectivity index (χ0v) is 12.5. The molecular formula is C15H14N2O4S. The molecule has 7 heteroatoms. The standard InChI is InChI=1S/C15H14N2O4S/c1-8(9-2-4-10(5-3-9)13(16)18)17-14(19)11-6-7-12(22-11)15(20)21/h2-8H,1H3,(H2,16,18)(H,17,19)(H,20,21). The van der Waals surface area contributed by atoms with Crippen LogP contribution in [-0.4, -0.2) is 22.9 Å². The predicted molar refractivity (Wildman–Crippen MR) is 82.1 cm³/mol. The van der Waals surface area contributed by atoms with Crippen molar-refractivity contribution in [1.82, 2.24) is 5.32 Å². The van der Waals surface area contributed by atoms with Crippen LogP contribution in [0.3, 0.4) is 0 Å². The van der Waals surface area contributed by atoms with Crippen molar-refractivity contribution >= 4 is 29.1 Å². The first-order valence-corrected chi connectivity index (χ1v) is 7.24. The first-order chi connectivity index (χ1) is 10.4. The number of hydrogen-bond acceptors (Lipinski definition) is 4. The number of primary amides is 1. The van der Waals surface area contributed by atoms with E-state index in [0.29, 0.717) is 10.4 Å². The third-order valence-corrected chi connectivity index (χ3v) is 4.16. The molecular weight excluding hydrogens is 304 g/mol. The van der Waals surface area contributed by atoms with Crippen LogP contribution in [0.25, 0.3) is 0 Å². The van der Waals surface area contributed by atoms with E-state index in [4.69, 9.17) is 10.8 Å². The van der Waals surface area contributed by atoms with Crippen molar-refractivity contribution < 1.29 is 19.5 Å². The Morgan fingerprint density at radius 3 is 2.18 bits per heavy atom. The van der Waals surface area contributed by atoms with Crippen molar-refractivity contribution in [2.45, 2.75) is 13.0 Å². The highest BCUT2D eigenvalue weighted by molar-refractivity contribution is 7.15. The lowest BCUT2D eigenvalue weighted by Gasteiger charge is -2.14. The average molecular weight is 318 g/mol. The highest BCUT2D eigenvalue weighted by Gasteiger charge is 2.15. The van der Waals surface area contributed by atoms with Gasteiger partial charge in [-0.1, -0.05) is 12.1 Å². The smallest absolute Gasteiger partial charge is 0.345 e. The maximum Gasteiger partial charge on any atom is 0.345 e. The normalized spacial score (nSPS) is 11.7. The molecule has 0 fully saturated rings. The Morgan fingerprint density at radius 1 is 1.09 bits per heavy atom. The molecule has 1 heterocycles. The van der Waals surface area contributed by atoms with E-state index >= 15 is 0 Å². The molecule has 1 aromatic heterocycles. The zero-order chi connectivity index (χ0) is 16.3. The molecule has 0 saturated heterocycles. The molecule has 114 valence electrons. The SMILES string of the molecule is CC(NC(=O)c1ccc(C(=O)O)s1)c1ccc(C(N)=O)cc1. The maximum atomic E-state index is 12.1. The largest absolute Gasteiger partial charge is 0.477 e. The molecule has 22 heavy (non-hydrogen) atoms. The second kappa shape index (κ2) is 6.40. The molecule has 1 atom stereocenters. The van der Waals surface area contributed by atoms with Gasteiger partial charge < -0.3 is 16.2 Å². The van der Waals surface area contributed by atoms with E-state index < -0.39 is 11.9 Å². The zero-order valence-electron chi connectivity index (χ0n) is 11.7. The Hall–Kier alpha value is -2.67. The minimum absolute atomic E-state index is 0.114. The van der Waals surface area contributed by atoms with Crippen molar-refractivity contribution in [1.29, 1.82) is 0 Å². The summed E-state index contributed by atoms with van der Waals surface area (Å²) in [5.74, 6) is -1.91. The van der Waals surface area contributed by atoms with Crippen LogP contribution in [0.15, 0.2) is 36.4 Å². The van der Waals surface area contributed by atoms with Crippen LogP contribution in [0.2, 0.25) is 0 Å². The topological polar surface area (TPSA) is 109 Å². The van der Waals surface area contributed by atoms with Crippen molar-refractivity contribution in [2.75, 3.05) is 0 Å². The molecule has 0 aliphatic heterocycles. The summed E-state index contributed by atoms with van der Waals surface area (Å²) in [6.45, 7) is 1.79. The Bertz CT molecular complexity index is 721. The number of hydrogen-bond donors (Lipinski definition) is 3. The fraction of sp³-hybridized carbons (Fsp3) is 0.133. The average Bonchev–Trinajstić information content (AvgIpc) is 2.97. The fourth-order valence-corrected chi connectivity index (χ4v) is 2.61. The van der Waals surface area contributed by atoms with Crippen molar-refractivity contribution in [3.8, 4) is 0 Å². The van der Waals surface area contributed by atoms with Gasteiger partial charge in [0.2, 0.25) is 5.91 Å². The number of thiophene rings is 1. The number of benzene rings is 1. The van der Waals surface area contributed by atoms with Gasteiger partial charge >= 0.3 is 5.97 Å². The van der Waals surface area contributed by atoms with Gasteiger partial charge in [-0.05, 0) is 36.8 Å². The van der Waals surface area contributed by atoms with Gasteiger partial charge in [-0.15, -0.1) is 11.3 Å². The highest BCUT2D eigenvalue weighted by Crippen LogP contribution is 2.19. The molecule has 0 saturated carbocycles. The fourth-order valence-electron chi connectivity index (χ4n) is 1.86. The van der Waals surface area contributed by atoms with E-state index in [1.54, 1.807) is 31.2 Å². The van der Waals surface area contributed by atoms with Crippen LogP contribution >= 0.6 is 11.3 Å². The molecule has 1 unspecified atom stereocenters. The van der Waals surface area contributed by atoms with Crippen LogP contribution in [0.5, 0.6) is 0 Å². The summed E-state index contributed by atoms with van der Waals surface area (Å²) in [5.41, 5.74) is 6.38. The van der Waals surface area contributed by atoms with Gasteiger partial charge in [0.25, 0.3) is 5.91 Å². The van der Waals surface area contributed by atoms with Crippen LogP contribution < -0.4 is 11.1 Å². The van der Waals surface area contributed by atoms with E-state index in [-0.39, 0.29) is 16.8 Å². The van der Waals surface area contributed by atoms with Crippen LogP contribution in [0.1, 0.15) is 48.2 Å². The van der Waals surface area contributed by atoms with Gasteiger partial charge in [0.05, 0.1) is 10.9 Å². The minimum Gasteiger partial charge on any atom is -0.477 e. The molecule has 1 aromatic carbocycles. The summed E-state index contributed by atoms with van der Waals surface area (Å²) < 4.78 is 0. The number of carboxylic acids is 1. The van der Waals surface area contributed by atoms with Crippen molar-refractivity contribution in [3.63, 3.8) is 0 Å². The number of carboxylic acid groups (broad SMARTS) is 1. The lowest BCUT2D eigenvalue weighted by atomic mass is 10.1. The monoisotopic (exact) mass is 318 g/mol. The number of carbonyl (C=O) groups is 3. The summed E-state index contributed by atoms with van der Waals surface area (Å²) in [6, 6.07) is 9.19. The second-order valence-electron chi connectivity index (χ2n) is 4.65. The van der Waals surface area contributed by atoms with E-state index in [1.807, 2.05) is 0 Å². The number of aromatic carboxylic acids is 1. The molecule has 0 aliphatic carbocycles. The van der Waals surface area contributed by atoms with E-state index in [0.717, 1.165) is 16.9 Å². The van der Waals surface area contributed by atoms with Gasteiger partial charge in [0, 0.05) is 5.56 Å². The van der Waals surface area contributed by atoms with E-state index in [9.17, 15) is 14.4 Å². The Balaban J connectivity index is 2.06. The lowest BCUT2D eigenvalue weighted by Crippen LogP contribution is -2.26. The summed E-state index contributed by atoms with van der Waals surface area (Å²) in [4.78, 5) is 34.3. The van der Waals surface area contributed by atoms with Crippen molar-refractivity contribution in [2.24, 2.45) is 5.73 Å². The van der Waals surface area contributed by atoms with Gasteiger partial charge in [0.1, 0.15) is 4.88 Å². The molecule has 4 N–H and O–H groups in total. The van der Waals surface area contributed by atoms with Crippen LogP contribution in [0, 0.1) is 0 Å². The van der Waals surface area contributed by atoms with E-state index in [2.05, 4.69) is 5.32 Å². The molecule has 0 aliphatic rings. The Kier molecular flexibility index (Phi) is 4.57. The van der Waals surface area contributed by atoms with Crippen LogP contribution in [-0.2, 0) is 0 Å². The third-order valence-electron chi connectivity index (χ3n) is 3.08. The summed E-state index contributed by atoms with van der Waals surface area (Å²) in [6.07, 6.45) is 0. The number of nitrogens with two attached hydrogens (primary N) is 1. The summed E-state index contributed by atoms with van der Waals surface area (Å²) in [5, 5.41) is 11.6. The molecule has 0 bridgehead atoms. The molecule has 2 amide bonds. The van der Waals surface area contributed by atoms with Gasteiger partial charge in [-0.2, -0.15) is 0 Å². The maximum absolute atomic E-state index is 12.1. The lowest BCUT2D eigenvalue weighted by molar-refractivity contribution is 0.0701. The Morgan fingerprint density at radius 2 is 1.68 bits per heavy atom. The first-order valence-electron chi connectivity index (χ1n) is 6.42.